The summed E-state index contributed by atoms with van der Waals surface area (Å²) in [5, 5.41) is 3.31. The van der Waals surface area contributed by atoms with Gasteiger partial charge >= 0.3 is 0 Å². The molecule has 1 heteroatoms. The largest absolute Gasteiger partial charge is 0.307 e. The van der Waals surface area contributed by atoms with E-state index >= 15 is 0 Å². The fourth-order valence-corrected chi connectivity index (χ4v) is 0.567. The topological polar surface area (TPSA) is 12.0 Å². The summed E-state index contributed by atoms with van der Waals surface area (Å²) in [6.45, 7) is 14.4. The van der Waals surface area contributed by atoms with Crippen molar-refractivity contribution < 1.29 is 0 Å². The predicted octanol–water partition coefficient (Wildman–Crippen LogP) is 2.27. The molecule has 0 saturated heterocycles. The summed E-state index contributed by atoms with van der Waals surface area (Å²) in [6, 6.07) is 0. The van der Waals surface area contributed by atoms with Gasteiger partial charge in [-0.05, 0) is 20.8 Å². The minimum atomic E-state index is 0.144. The van der Waals surface area contributed by atoms with Gasteiger partial charge in [0.2, 0.25) is 0 Å². The third-order valence-electron chi connectivity index (χ3n) is 1.28. The van der Waals surface area contributed by atoms with Gasteiger partial charge in [-0.2, -0.15) is 0 Å². The van der Waals surface area contributed by atoms with Crippen LogP contribution in [-0.4, -0.2) is 12.1 Å². The zero-order valence-electron chi connectivity index (χ0n) is 7.70. The van der Waals surface area contributed by atoms with Crippen LogP contribution >= 0.6 is 0 Å². The van der Waals surface area contributed by atoms with Gasteiger partial charge in [0.25, 0.3) is 0 Å². The molecule has 0 amide bonds. The molecule has 1 N–H and O–H groups in total. The van der Waals surface area contributed by atoms with Crippen LogP contribution < -0.4 is 5.32 Å². The van der Waals surface area contributed by atoms with Gasteiger partial charge in [0.15, 0.2) is 0 Å². The Hall–Kier alpha value is -0.780. The lowest BCUT2D eigenvalue weighted by atomic mass is 10.1. The third kappa shape index (κ3) is 5.65. The van der Waals surface area contributed by atoms with Crippen LogP contribution in [0.5, 0.6) is 0 Å². The van der Waals surface area contributed by atoms with Crippen LogP contribution in [0.4, 0.5) is 0 Å². The van der Waals surface area contributed by atoms with E-state index in [9.17, 15) is 0 Å². The highest BCUT2D eigenvalue weighted by molar-refractivity contribution is 5.16. The zero-order valence-corrected chi connectivity index (χ0v) is 7.70. The molecule has 0 atom stereocenters. The van der Waals surface area contributed by atoms with Gasteiger partial charge in [0.05, 0.1) is 0 Å². The second-order valence-corrected chi connectivity index (χ2v) is 3.51. The quantitative estimate of drug-likeness (QED) is 0.482. The van der Waals surface area contributed by atoms with Crippen molar-refractivity contribution in [2.45, 2.75) is 26.3 Å². The highest BCUT2D eigenvalue weighted by Gasteiger charge is 2.07. The lowest BCUT2D eigenvalue weighted by Crippen LogP contribution is -2.36. The van der Waals surface area contributed by atoms with Gasteiger partial charge in [0.1, 0.15) is 0 Å². The Kier molecular flexibility index (Phi) is 3.88. The second-order valence-electron chi connectivity index (χ2n) is 3.51. The molecule has 62 valence electrons. The summed E-state index contributed by atoms with van der Waals surface area (Å²) in [7, 11) is 0. The molecule has 0 aromatic rings. The van der Waals surface area contributed by atoms with E-state index in [2.05, 4.69) is 45.0 Å². The number of hydrogen-bond acceptors (Lipinski definition) is 1. The molecular weight excluding hydrogens is 134 g/mol. The molecule has 0 rings (SSSR count). The summed E-state index contributed by atoms with van der Waals surface area (Å²) in [4.78, 5) is 0. The monoisotopic (exact) mass is 151 g/mol. The summed E-state index contributed by atoms with van der Waals surface area (Å²) < 4.78 is 0. The van der Waals surface area contributed by atoms with Crippen molar-refractivity contribution in [3.8, 4) is 0 Å². The standard InChI is InChI=1S/C10H17N/c1-6-9(7-2)8-11-10(3,4)5/h6,11H,1-2,8H2,3-5H3. The molecule has 1 nitrogen and oxygen atoms in total. The molecule has 0 aromatic heterocycles. The van der Waals surface area contributed by atoms with Gasteiger partial charge in [0, 0.05) is 17.7 Å². The smallest absolute Gasteiger partial charge is 0.0283 e. The van der Waals surface area contributed by atoms with Gasteiger partial charge in [-0.3, -0.25) is 0 Å². The molecule has 0 aliphatic rings. The summed E-state index contributed by atoms with van der Waals surface area (Å²) >= 11 is 0. The Labute approximate surface area is 69.5 Å². The molecule has 0 unspecified atom stereocenters. The molecule has 0 saturated carbocycles. The second kappa shape index (κ2) is 4.17. The van der Waals surface area contributed by atoms with Crippen LogP contribution in [-0.2, 0) is 0 Å². The molecule has 0 aliphatic carbocycles. The highest BCUT2D eigenvalue weighted by atomic mass is 14.9. The maximum Gasteiger partial charge on any atom is 0.0283 e. The molecule has 0 aromatic carbocycles. The molecule has 0 bridgehead atoms. The van der Waals surface area contributed by atoms with E-state index in [0.717, 1.165) is 12.1 Å². The van der Waals surface area contributed by atoms with E-state index in [1.807, 2.05) is 0 Å². The maximum absolute atomic E-state index is 3.65. The Bertz CT molecular complexity index is 178. The van der Waals surface area contributed by atoms with Gasteiger partial charge < -0.3 is 5.32 Å². The Balaban J connectivity index is 3.89. The lowest BCUT2D eigenvalue weighted by Gasteiger charge is -2.20. The van der Waals surface area contributed by atoms with Crippen molar-refractivity contribution in [1.82, 2.24) is 5.32 Å². The molecule has 0 radical (unpaired) electrons. The summed E-state index contributed by atoms with van der Waals surface area (Å²) in [6.07, 6.45) is 1.77. The van der Waals surface area contributed by atoms with Crippen molar-refractivity contribution in [2.24, 2.45) is 0 Å². The van der Waals surface area contributed by atoms with E-state index < -0.39 is 0 Å². The normalized spacial score (nSPS) is 10.5. The van der Waals surface area contributed by atoms with Crippen LogP contribution in [0.2, 0.25) is 0 Å². The predicted molar refractivity (Wildman–Crippen MR) is 50.6 cm³/mol. The first-order valence-corrected chi connectivity index (χ1v) is 3.76. The van der Waals surface area contributed by atoms with E-state index in [1.165, 1.54) is 0 Å². The summed E-state index contributed by atoms with van der Waals surface area (Å²) in [5.41, 5.74) is 3.97. The van der Waals surface area contributed by atoms with Crippen molar-refractivity contribution >= 4 is 0 Å². The minimum absolute atomic E-state index is 0.144. The first-order valence-electron chi connectivity index (χ1n) is 3.76. The van der Waals surface area contributed by atoms with Crippen LogP contribution in [0.3, 0.4) is 0 Å². The Morgan fingerprint density at radius 2 is 2.09 bits per heavy atom. The van der Waals surface area contributed by atoms with E-state index in [0.29, 0.717) is 0 Å². The van der Waals surface area contributed by atoms with E-state index in [-0.39, 0.29) is 5.54 Å². The highest BCUT2D eigenvalue weighted by Crippen LogP contribution is 2.00. The molecule has 0 heterocycles. The van der Waals surface area contributed by atoms with Crippen molar-refractivity contribution in [3.63, 3.8) is 0 Å². The lowest BCUT2D eigenvalue weighted by molar-refractivity contribution is 0.446. The number of nitrogens with one attached hydrogen (secondary N) is 1. The Morgan fingerprint density at radius 3 is 2.36 bits per heavy atom. The average Bonchev–Trinajstić information content (AvgIpc) is 1.88. The van der Waals surface area contributed by atoms with Crippen LogP contribution in [0.25, 0.3) is 0 Å². The number of rotatable bonds is 3. The maximum atomic E-state index is 3.65. The SMILES string of the molecule is C=C=C(C=C)CNC(C)(C)C. The van der Waals surface area contributed by atoms with Crippen LogP contribution in [0, 0.1) is 0 Å². The van der Waals surface area contributed by atoms with Gasteiger partial charge in [-0.25, -0.2) is 0 Å². The fourth-order valence-electron chi connectivity index (χ4n) is 0.567. The summed E-state index contributed by atoms with van der Waals surface area (Å²) in [5.74, 6) is 0. The van der Waals surface area contributed by atoms with E-state index in [4.69, 9.17) is 0 Å². The molecule has 0 aliphatic heterocycles. The average molecular weight is 151 g/mol. The van der Waals surface area contributed by atoms with Crippen LogP contribution in [0.1, 0.15) is 20.8 Å². The number of hydrogen-bond donors (Lipinski definition) is 1. The first-order chi connectivity index (χ1) is 4.99. The van der Waals surface area contributed by atoms with Crippen LogP contribution in [0.15, 0.2) is 30.5 Å². The third-order valence-corrected chi connectivity index (χ3v) is 1.28. The van der Waals surface area contributed by atoms with Crippen molar-refractivity contribution in [3.05, 3.63) is 30.5 Å². The molecule has 11 heavy (non-hydrogen) atoms. The fraction of sp³-hybridized carbons (Fsp3) is 0.500. The molecule has 0 fully saturated rings. The van der Waals surface area contributed by atoms with Crippen molar-refractivity contribution in [1.29, 1.82) is 0 Å². The molecular formula is C10H17N. The van der Waals surface area contributed by atoms with Gasteiger partial charge in [-0.1, -0.05) is 19.2 Å². The van der Waals surface area contributed by atoms with Gasteiger partial charge in [-0.15, -0.1) is 5.73 Å². The Morgan fingerprint density at radius 1 is 1.55 bits per heavy atom. The van der Waals surface area contributed by atoms with Crippen molar-refractivity contribution in [2.75, 3.05) is 6.54 Å². The first kappa shape index (κ1) is 10.2. The zero-order chi connectivity index (χ0) is 8.91. The molecule has 0 spiro atoms. The van der Waals surface area contributed by atoms with E-state index in [1.54, 1.807) is 6.08 Å². The minimum Gasteiger partial charge on any atom is -0.307 e.